The molecular formula is C10H19N3O2S. The minimum atomic E-state index is -0.701. The van der Waals surface area contributed by atoms with Gasteiger partial charge in [-0.25, -0.2) is 4.98 Å². The molecule has 0 aliphatic carbocycles. The Hall–Kier alpha value is -0.720. The van der Waals surface area contributed by atoms with Crippen molar-refractivity contribution in [3.05, 3.63) is 5.82 Å². The largest absolute Gasteiger partial charge is 0.394 e. The summed E-state index contributed by atoms with van der Waals surface area (Å²) in [6.07, 6.45) is 0.622. The second-order valence-corrected chi connectivity index (χ2v) is 4.94. The van der Waals surface area contributed by atoms with Gasteiger partial charge in [-0.2, -0.15) is 4.37 Å². The summed E-state index contributed by atoms with van der Waals surface area (Å²) in [6, 6.07) is 0. The van der Waals surface area contributed by atoms with Crippen molar-refractivity contribution in [1.82, 2.24) is 9.36 Å². The van der Waals surface area contributed by atoms with Gasteiger partial charge in [0.25, 0.3) is 0 Å². The van der Waals surface area contributed by atoms with Crippen LogP contribution in [-0.2, 0) is 0 Å². The second-order valence-electron chi connectivity index (χ2n) is 4.19. The quantitative estimate of drug-likeness (QED) is 0.702. The van der Waals surface area contributed by atoms with Crippen molar-refractivity contribution in [2.45, 2.75) is 38.6 Å². The first kappa shape index (κ1) is 13.3. The molecule has 0 fully saturated rings. The molecule has 0 radical (unpaired) electrons. The summed E-state index contributed by atoms with van der Waals surface area (Å²) in [6.45, 7) is 5.70. The van der Waals surface area contributed by atoms with Crippen molar-refractivity contribution < 1.29 is 10.2 Å². The zero-order valence-corrected chi connectivity index (χ0v) is 10.7. The van der Waals surface area contributed by atoms with Crippen LogP contribution in [0.5, 0.6) is 0 Å². The minimum absolute atomic E-state index is 0.128. The number of anilines is 1. The molecular weight excluding hydrogens is 226 g/mol. The predicted molar refractivity (Wildman–Crippen MR) is 64.8 cm³/mol. The summed E-state index contributed by atoms with van der Waals surface area (Å²) in [5, 5.41) is 22.3. The molecule has 3 N–H and O–H groups in total. The zero-order valence-electron chi connectivity index (χ0n) is 9.90. The van der Waals surface area contributed by atoms with Crippen LogP contribution in [0.1, 0.15) is 38.9 Å². The third kappa shape index (κ3) is 2.90. The first-order valence-electron chi connectivity index (χ1n) is 5.40. The third-order valence-corrected chi connectivity index (χ3v) is 3.26. The van der Waals surface area contributed by atoms with Gasteiger partial charge in [-0.05, 0) is 6.42 Å². The van der Waals surface area contributed by atoms with E-state index in [0.29, 0.717) is 11.6 Å². The Bertz CT molecular complexity index is 315. The first-order chi connectivity index (χ1) is 7.56. The molecule has 0 aromatic carbocycles. The Morgan fingerprint density at radius 3 is 2.38 bits per heavy atom. The molecule has 0 spiro atoms. The van der Waals surface area contributed by atoms with Crippen LogP contribution in [0.15, 0.2) is 0 Å². The maximum atomic E-state index is 9.29. The van der Waals surface area contributed by atoms with E-state index >= 15 is 0 Å². The fourth-order valence-corrected chi connectivity index (χ4v) is 2.02. The van der Waals surface area contributed by atoms with Crippen LogP contribution in [0.3, 0.4) is 0 Å². The van der Waals surface area contributed by atoms with Gasteiger partial charge in [-0.3, -0.25) is 0 Å². The Morgan fingerprint density at radius 2 is 2.00 bits per heavy atom. The zero-order chi connectivity index (χ0) is 12.2. The average molecular weight is 245 g/mol. The fourth-order valence-electron chi connectivity index (χ4n) is 1.19. The lowest BCUT2D eigenvalue weighted by Crippen LogP contribution is -2.45. The molecule has 1 aromatic heterocycles. The summed E-state index contributed by atoms with van der Waals surface area (Å²) in [4.78, 5) is 4.31. The van der Waals surface area contributed by atoms with Crippen molar-refractivity contribution in [1.29, 1.82) is 0 Å². The molecule has 0 bridgehead atoms. The Labute approximate surface area is 99.7 Å². The van der Waals surface area contributed by atoms with Crippen LogP contribution < -0.4 is 5.32 Å². The molecule has 0 aliphatic rings. The first-order valence-corrected chi connectivity index (χ1v) is 6.17. The van der Waals surface area contributed by atoms with E-state index in [1.54, 1.807) is 0 Å². The lowest BCUT2D eigenvalue weighted by atomic mass is 9.99. The maximum Gasteiger partial charge on any atom is 0.203 e. The molecule has 1 rings (SSSR count). The summed E-state index contributed by atoms with van der Waals surface area (Å²) in [7, 11) is 0. The molecule has 5 nitrogen and oxygen atoms in total. The second kappa shape index (κ2) is 5.56. The number of hydrogen-bond acceptors (Lipinski definition) is 6. The van der Waals surface area contributed by atoms with Crippen molar-refractivity contribution in [3.63, 3.8) is 0 Å². The van der Waals surface area contributed by atoms with Gasteiger partial charge in [0, 0.05) is 17.5 Å². The van der Waals surface area contributed by atoms with Crippen LogP contribution in [0.4, 0.5) is 5.13 Å². The normalized spacial score (nSPS) is 12.1. The number of aliphatic hydroxyl groups is 2. The highest BCUT2D eigenvalue weighted by molar-refractivity contribution is 7.09. The lowest BCUT2D eigenvalue weighted by Gasteiger charge is -2.29. The summed E-state index contributed by atoms with van der Waals surface area (Å²) in [5.74, 6) is 1.07. The highest BCUT2D eigenvalue weighted by Gasteiger charge is 2.27. The maximum absolute atomic E-state index is 9.29. The molecule has 1 aromatic rings. The van der Waals surface area contributed by atoms with E-state index in [4.69, 9.17) is 0 Å². The van der Waals surface area contributed by atoms with E-state index in [2.05, 4.69) is 14.7 Å². The lowest BCUT2D eigenvalue weighted by molar-refractivity contribution is 0.132. The van der Waals surface area contributed by atoms with E-state index in [0.717, 1.165) is 5.82 Å². The number of hydrogen-bond donors (Lipinski definition) is 3. The molecule has 6 heteroatoms. The summed E-state index contributed by atoms with van der Waals surface area (Å²) >= 11 is 1.26. The highest BCUT2D eigenvalue weighted by Crippen LogP contribution is 2.22. The Balaban J connectivity index is 2.77. The van der Waals surface area contributed by atoms with Gasteiger partial charge < -0.3 is 15.5 Å². The third-order valence-electron chi connectivity index (χ3n) is 2.61. The molecule has 92 valence electrons. The topological polar surface area (TPSA) is 78.3 Å². The smallest absolute Gasteiger partial charge is 0.203 e. The van der Waals surface area contributed by atoms with Gasteiger partial charge in [0.2, 0.25) is 5.13 Å². The Morgan fingerprint density at radius 1 is 1.38 bits per heavy atom. The number of aromatic nitrogens is 2. The predicted octanol–water partition coefficient (Wildman–Crippen LogP) is 1.21. The van der Waals surface area contributed by atoms with Crippen LogP contribution in [-0.4, -0.2) is 38.3 Å². The van der Waals surface area contributed by atoms with Crippen LogP contribution >= 0.6 is 11.5 Å². The highest BCUT2D eigenvalue weighted by atomic mass is 32.1. The standard InChI is InChI=1S/C10H19N3O2S/c1-4-10(5-14,6-15)12-9-11-8(7(2)3)13-16-9/h7,14-15H,4-6H2,1-3H3,(H,11,12,13). The van der Waals surface area contributed by atoms with E-state index in [-0.39, 0.29) is 19.1 Å². The fraction of sp³-hybridized carbons (Fsp3) is 0.800. The SMILES string of the molecule is CCC(CO)(CO)Nc1nc(C(C)C)ns1. The molecule has 0 saturated heterocycles. The molecule has 0 amide bonds. The number of aliphatic hydroxyl groups excluding tert-OH is 2. The summed E-state index contributed by atoms with van der Waals surface area (Å²) < 4.78 is 4.21. The number of rotatable bonds is 6. The van der Waals surface area contributed by atoms with Gasteiger partial charge in [-0.15, -0.1) is 0 Å². The molecule has 0 atom stereocenters. The molecule has 0 saturated carbocycles. The van der Waals surface area contributed by atoms with E-state index in [1.165, 1.54) is 11.5 Å². The number of nitrogens with one attached hydrogen (secondary N) is 1. The Kier molecular flexibility index (Phi) is 4.64. The van der Waals surface area contributed by atoms with Gasteiger partial charge in [0.1, 0.15) is 5.82 Å². The average Bonchev–Trinajstić information content (AvgIpc) is 2.74. The van der Waals surface area contributed by atoms with Gasteiger partial charge in [0.05, 0.1) is 18.8 Å². The van der Waals surface area contributed by atoms with Crippen LogP contribution in [0, 0.1) is 0 Å². The van der Waals surface area contributed by atoms with Crippen molar-refractivity contribution in [2.24, 2.45) is 0 Å². The van der Waals surface area contributed by atoms with Crippen LogP contribution in [0.25, 0.3) is 0 Å². The van der Waals surface area contributed by atoms with Crippen molar-refractivity contribution >= 4 is 16.7 Å². The van der Waals surface area contributed by atoms with Gasteiger partial charge >= 0.3 is 0 Å². The van der Waals surface area contributed by atoms with E-state index < -0.39 is 5.54 Å². The van der Waals surface area contributed by atoms with Crippen molar-refractivity contribution in [3.8, 4) is 0 Å². The van der Waals surface area contributed by atoms with Gasteiger partial charge in [0.15, 0.2) is 0 Å². The number of nitrogens with zero attached hydrogens (tertiary/aromatic N) is 2. The summed E-state index contributed by atoms with van der Waals surface area (Å²) in [5.41, 5.74) is -0.701. The molecule has 0 unspecified atom stereocenters. The van der Waals surface area contributed by atoms with E-state index in [9.17, 15) is 10.2 Å². The van der Waals surface area contributed by atoms with Crippen molar-refractivity contribution in [2.75, 3.05) is 18.5 Å². The van der Waals surface area contributed by atoms with Gasteiger partial charge in [-0.1, -0.05) is 20.8 Å². The minimum Gasteiger partial charge on any atom is -0.394 e. The molecule has 16 heavy (non-hydrogen) atoms. The van der Waals surface area contributed by atoms with Crippen LogP contribution in [0.2, 0.25) is 0 Å². The molecule has 0 aliphatic heterocycles. The monoisotopic (exact) mass is 245 g/mol. The molecule has 1 heterocycles. The van der Waals surface area contributed by atoms with E-state index in [1.807, 2.05) is 20.8 Å².